The third kappa shape index (κ3) is 4.77. The van der Waals surface area contributed by atoms with E-state index >= 15 is 0 Å². The average molecular weight is 502 g/mol. The van der Waals surface area contributed by atoms with E-state index in [1.807, 2.05) is 28.8 Å². The van der Waals surface area contributed by atoms with Crippen molar-refractivity contribution in [1.29, 1.82) is 0 Å². The molecule has 3 aromatic rings. The molecule has 3 heterocycles. The lowest BCUT2D eigenvalue weighted by atomic mass is 9.91. The fourth-order valence-electron chi connectivity index (χ4n) is 5.51. The highest BCUT2D eigenvalue weighted by Gasteiger charge is 2.28. The van der Waals surface area contributed by atoms with Gasteiger partial charge in [0.1, 0.15) is 5.02 Å². The average Bonchev–Trinajstić information content (AvgIpc) is 3.17. The Morgan fingerprint density at radius 3 is 2.54 bits per heavy atom. The van der Waals surface area contributed by atoms with Gasteiger partial charge < -0.3 is 15.2 Å². The molecule has 188 valence electrons. The maximum Gasteiger partial charge on any atom is 0.329 e. The molecule has 1 aliphatic heterocycles. The number of para-hydroxylation sites is 2. The van der Waals surface area contributed by atoms with Crippen molar-refractivity contribution in [2.24, 2.45) is 5.92 Å². The van der Waals surface area contributed by atoms with Crippen LogP contribution in [0.4, 0.5) is 5.69 Å². The maximum atomic E-state index is 13.2. The van der Waals surface area contributed by atoms with E-state index in [2.05, 4.69) is 10.4 Å². The van der Waals surface area contributed by atoms with Gasteiger partial charge >= 0.3 is 5.69 Å². The summed E-state index contributed by atoms with van der Waals surface area (Å²) >= 11 is 6.44. The Hall–Kier alpha value is -2.62. The molecule has 9 nitrogen and oxygen atoms in total. The molecule has 0 bridgehead atoms. The third-order valence-electron chi connectivity index (χ3n) is 7.35. The van der Waals surface area contributed by atoms with Gasteiger partial charge in [-0.15, -0.1) is 0 Å². The van der Waals surface area contributed by atoms with E-state index in [-0.39, 0.29) is 41.5 Å². The first-order valence-corrected chi connectivity index (χ1v) is 12.9. The normalized spacial score (nSPS) is 23.0. The van der Waals surface area contributed by atoms with Crippen LogP contribution in [0, 0.1) is 5.92 Å². The number of nitrogens with one attached hydrogen (secondary N) is 1. The summed E-state index contributed by atoms with van der Waals surface area (Å²) in [6.07, 6.45) is 6.76. The zero-order valence-corrected chi connectivity index (χ0v) is 20.5. The van der Waals surface area contributed by atoms with Gasteiger partial charge in [0.25, 0.3) is 5.56 Å². The van der Waals surface area contributed by atoms with Crippen molar-refractivity contribution in [3.63, 3.8) is 0 Å². The van der Waals surface area contributed by atoms with Gasteiger partial charge in [0, 0.05) is 19.2 Å². The Bertz CT molecular complexity index is 1290. The lowest BCUT2D eigenvalue weighted by Gasteiger charge is -2.30. The number of aliphatic hydroxyl groups excluding tert-OH is 1. The van der Waals surface area contributed by atoms with Gasteiger partial charge in [0.05, 0.1) is 48.7 Å². The van der Waals surface area contributed by atoms with Crippen molar-refractivity contribution in [3.05, 3.63) is 56.3 Å². The Kier molecular flexibility index (Phi) is 7.27. The fraction of sp³-hybridized carbons (Fsp3) is 0.560. The number of ether oxygens (including phenoxy) is 1. The number of nitrogens with zero attached hydrogens (tertiary/aromatic N) is 4. The first-order chi connectivity index (χ1) is 17.1. The highest BCUT2D eigenvalue weighted by molar-refractivity contribution is 6.32. The Labute approximate surface area is 208 Å². The number of rotatable bonds is 7. The van der Waals surface area contributed by atoms with E-state index < -0.39 is 0 Å². The summed E-state index contributed by atoms with van der Waals surface area (Å²) < 4.78 is 10.5. The molecule has 2 aliphatic rings. The molecule has 0 spiro atoms. The number of hydrogen-bond acceptors (Lipinski definition) is 6. The quantitative estimate of drug-likeness (QED) is 0.515. The second-order valence-corrected chi connectivity index (χ2v) is 9.94. The predicted molar refractivity (Wildman–Crippen MR) is 135 cm³/mol. The van der Waals surface area contributed by atoms with Gasteiger partial charge in [0.2, 0.25) is 0 Å². The van der Waals surface area contributed by atoms with Crippen LogP contribution in [0.25, 0.3) is 11.0 Å². The number of aromatic nitrogens is 4. The minimum Gasteiger partial charge on any atom is -0.395 e. The number of benzene rings is 1. The van der Waals surface area contributed by atoms with Gasteiger partial charge in [-0.3, -0.25) is 13.9 Å². The molecule has 1 saturated carbocycles. The van der Waals surface area contributed by atoms with Crippen LogP contribution in [0.3, 0.4) is 0 Å². The van der Waals surface area contributed by atoms with Crippen LogP contribution >= 0.6 is 11.6 Å². The largest absolute Gasteiger partial charge is 0.395 e. The smallest absolute Gasteiger partial charge is 0.329 e. The molecule has 5 rings (SSSR count). The summed E-state index contributed by atoms with van der Waals surface area (Å²) in [7, 11) is 0. The van der Waals surface area contributed by atoms with Crippen molar-refractivity contribution in [1.82, 2.24) is 18.9 Å². The Balaban J connectivity index is 1.29. The van der Waals surface area contributed by atoms with Crippen molar-refractivity contribution in [2.45, 2.75) is 57.2 Å². The molecule has 1 atom stereocenters. The fourth-order valence-corrected chi connectivity index (χ4v) is 5.72. The zero-order chi connectivity index (χ0) is 24.4. The highest BCUT2D eigenvalue weighted by atomic mass is 35.5. The van der Waals surface area contributed by atoms with Gasteiger partial charge in [-0.25, -0.2) is 9.48 Å². The minimum atomic E-state index is -0.281. The molecule has 0 amide bonds. The van der Waals surface area contributed by atoms with E-state index in [9.17, 15) is 14.7 Å². The maximum absolute atomic E-state index is 13.2. The van der Waals surface area contributed by atoms with Gasteiger partial charge in [0.15, 0.2) is 0 Å². The van der Waals surface area contributed by atoms with Crippen molar-refractivity contribution >= 4 is 28.3 Å². The lowest BCUT2D eigenvalue weighted by molar-refractivity contribution is 0.0595. The summed E-state index contributed by atoms with van der Waals surface area (Å²) in [6, 6.07) is 7.67. The number of hydrogen-bond donors (Lipinski definition) is 2. The van der Waals surface area contributed by atoms with Crippen LogP contribution in [0.15, 0.2) is 40.1 Å². The standard InChI is InChI=1S/C25H32ClN5O4/c26-23-20(27-14-17-4-3-13-35-16-17)15-28-31(24(23)33)19-9-7-18(8-10-19)30-22-6-2-1-5-21(22)29(11-12-32)25(30)34/h1-2,5-6,15,17-19,27,32H,3-4,7-14,16H2/t17-,18-,19+/m0/s1. The summed E-state index contributed by atoms with van der Waals surface area (Å²) in [5.41, 5.74) is 1.90. The van der Waals surface area contributed by atoms with E-state index in [0.29, 0.717) is 18.2 Å². The number of imidazole rings is 1. The number of fused-ring (bicyclic) bond motifs is 1. The van der Waals surface area contributed by atoms with Crippen LogP contribution < -0.4 is 16.6 Å². The number of aliphatic hydroxyl groups is 1. The van der Waals surface area contributed by atoms with Crippen LogP contribution in [-0.4, -0.2) is 50.4 Å². The second-order valence-electron chi connectivity index (χ2n) is 9.56. The minimum absolute atomic E-state index is 0.0356. The molecular weight excluding hydrogens is 470 g/mol. The summed E-state index contributed by atoms with van der Waals surface area (Å²) in [6.45, 7) is 2.42. The zero-order valence-electron chi connectivity index (χ0n) is 19.7. The third-order valence-corrected chi connectivity index (χ3v) is 7.71. The molecule has 1 saturated heterocycles. The SMILES string of the molecule is O=c1c(Cl)c(NC[C@@H]2CCCOC2)cnn1[C@H]1CC[C@@H](n2c(=O)n(CCO)c3ccccc32)CC1. The first kappa shape index (κ1) is 24.1. The van der Waals surface area contributed by atoms with Gasteiger partial charge in [-0.05, 0) is 56.6 Å². The van der Waals surface area contributed by atoms with Crippen LogP contribution in [-0.2, 0) is 11.3 Å². The summed E-state index contributed by atoms with van der Waals surface area (Å²) in [5, 5.41) is 17.3. The molecule has 35 heavy (non-hydrogen) atoms. The summed E-state index contributed by atoms with van der Waals surface area (Å²) in [4.78, 5) is 26.2. The second kappa shape index (κ2) is 10.6. The van der Waals surface area contributed by atoms with Crippen LogP contribution in [0.1, 0.15) is 50.6 Å². The van der Waals surface area contributed by atoms with E-state index in [4.69, 9.17) is 16.3 Å². The molecule has 2 N–H and O–H groups in total. The molecule has 2 fully saturated rings. The molecule has 2 aromatic heterocycles. The molecule has 1 aliphatic carbocycles. The Morgan fingerprint density at radius 2 is 1.83 bits per heavy atom. The Morgan fingerprint density at radius 1 is 1.09 bits per heavy atom. The molecular formula is C25H32ClN5O4. The number of anilines is 1. The highest BCUT2D eigenvalue weighted by Crippen LogP contribution is 2.35. The van der Waals surface area contributed by atoms with Gasteiger partial charge in [-0.2, -0.15) is 5.10 Å². The van der Waals surface area contributed by atoms with Crippen molar-refractivity contribution in [2.75, 3.05) is 31.7 Å². The summed E-state index contributed by atoms with van der Waals surface area (Å²) in [5.74, 6) is 0.407. The van der Waals surface area contributed by atoms with Gasteiger partial charge in [-0.1, -0.05) is 23.7 Å². The predicted octanol–water partition coefficient (Wildman–Crippen LogP) is 3.20. The number of halogens is 1. The molecule has 10 heteroatoms. The van der Waals surface area contributed by atoms with Crippen molar-refractivity contribution < 1.29 is 9.84 Å². The van der Waals surface area contributed by atoms with E-state index in [1.165, 1.54) is 4.68 Å². The molecule has 0 unspecified atom stereocenters. The first-order valence-electron chi connectivity index (χ1n) is 12.5. The van der Waals surface area contributed by atoms with E-state index in [1.54, 1.807) is 10.8 Å². The lowest BCUT2D eigenvalue weighted by Crippen LogP contribution is -2.34. The van der Waals surface area contributed by atoms with E-state index in [0.717, 1.165) is 62.8 Å². The van der Waals surface area contributed by atoms with Crippen LogP contribution in [0.5, 0.6) is 0 Å². The van der Waals surface area contributed by atoms with Crippen molar-refractivity contribution in [3.8, 4) is 0 Å². The topological polar surface area (TPSA) is 103 Å². The monoisotopic (exact) mass is 501 g/mol. The molecule has 1 aromatic carbocycles. The molecule has 0 radical (unpaired) electrons. The van der Waals surface area contributed by atoms with Crippen LogP contribution in [0.2, 0.25) is 5.02 Å².